The monoisotopic (exact) mass is 528 g/mol. The lowest BCUT2D eigenvalue weighted by atomic mass is 9.77. The molecule has 5 rings (SSSR count). The summed E-state index contributed by atoms with van der Waals surface area (Å²) in [4.78, 5) is 28.1. The molecule has 0 atom stereocenters. The first-order valence-electron chi connectivity index (χ1n) is 12.9. The van der Waals surface area contributed by atoms with Gasteiger partial charge in [-0.3, -0.25) is 9.78 Å². The second-order valence-electron chi connectivity index (χ2n) is 10.7. The zero-order chi connectivity index (χ0) is 27.8. The number of fused-ring (bicyclic) bond motifs is 3. The molecule has 0 radical (unpaired) electrons. The predicted octanol–water partition coefficient (Wildman–Crippen LogP) is 5.59. The van der Waals surface area contributed by atoms with Crippen molar-refractivity contribution in [2.24, 2.45) is 0 Å². The van der Waals surface area contributed by atoms with E-state index in [0.29, 0.717) is 17.5 Å². The van der Waals surface area contributed by atoms with Gasteiger partial charge in [0, 0.05) is 12.5 Å². The van der Waals surface area contributed by atoms with E-state index in [1.165, 1.54) is 6.07 Å². The lowest BCUT2D eigenvalue weighted by Crippen LogP contribution is -2.41. The van der Waals surface area contributed by atoms with Crippen molar-refractivity contribution in [3.8, 4) is 11.1 Å². The van der Waals surface area contributed by atoms with Crippen LogP contribution in [0.3, 0.4) is 0 Å². The topological polar surface area (TPSA) is 86.8 Å². The smallest absolute Gasteiger partial charge is 0.449 e. The number of nitrogens with zero attached hydrogens (tertiary/aromatic N) is 1. The van der Waals surface area contributed by atoms with E-state index in [-0.39, 0.29) is 24.6 Å². The number of amides is 1. The standard InChI is InChI=1S/C30H30BFN2O5/c1-29(2)30(3,4)39-31(38-29)20(14-21-13-19(17-35)27(32)16-33-21)15-34-28(36)37-18-26-24-11-7-5-9-22(24)23-10-6-8-12-25(23)26/h5-14,16-17,26H,15,18H2,1-4H3,(H,34,36). The van der Waals surface area contributed by atoms with Gasteiger partial charge in [0.1, 0.15) is 6.61 Å². The lowest BCUT2D eigenvalue weighted by molar-refractivity contribution is 0.00578. The molecule has 0 saturated carbocycles. The number of ether oxygens (including phenoxy) is 1. The minimum atomic E-state index is -0.796. The fourth-order valence-electron chi connectivity index (χ4n) is 4.85. The molecular weight excluding hydrogens is 498 g/mol. The van der Waals surface area contributed by atoms with Crippen LogP contribution in [-0.2, 0) is 14.0 Å². The maximum atomic E-state index is 13.8. The summed E-state index contributed by atoms with van der Waals surface area (Å²) in [7, 11) is -0.796. The number of hydrogen-bond acceptors (Lipinski definition) is 6. The number of hydrogen-bond donors (Lipinski definition) is 1. The van der Waals surface area contributed by atoms with Crippen molar-refractivity contribution in [3.05, 3.63) is 94.5 Å². The van der Waals surface area contributed by atoms with Gasteiger partial charge in [-0.2, -0.15) is 0 Å². The van der Waals surface area contributed by atoms with Crippen LogP contribution >= 0.6 is 0 Å². The Bertz CT molecular complexity index is 1390. The molecule has 0 unspecified atom stereocenters. The first-order chi connectivity index (χ1) is 18.6. The molecule has 2 aliphatic rings. The average Bonchev–Trinajstić information content (AvgIpc) is 3.35. The minimum Gasteiger partial charge on any atom is -0.449 e. The molecule has 1 aromatic heterocycles. The highest BCUT2D eigenvalue weighted by molar-refractivity contribution is 6.56. The Morgan fingerprint density at radius 1 is 1.05 bits per heavy atom. The second-order valence-corrected chi connectivity index (χ2v) is 10.7. The van der Waals surface area contributed by atoms with E-state index in [1.54, 1.807) is 6.08 Å². The van der Waals surface area contributed by atoms with Gasteiger partial charge in [0.25, 0.3) is 0 Å². The van der Waals surface area contributed by atoms with Crippen LogP contribution in [-0.4, -0.2) is 48.8 Å². The van der Waals surface area contributed by atoms with Gasteiger partial charge in [-0.05, 0) is 67.6 Å². The molecule has 9 heteroatoms. The summed E-state index contributed by atoms with van der Waals surface area (Å²) in [6, 6.07) is 17.6. The molecule has 1 fully saturated rings. The van der Waals surface area contributed by atoms with Crippen molar-refractivity contribution in [3.63, 3.8) is 0 Å². The van der Waals surface area contributed by atoms with E-state index in [0.717, 1.165) is 28.5 Å². The largest absolute Gasteiger partial charge is 0.492 e. The maximum absolute atomic E-state index is 13.8. The molecule has 7 nitrogen and oxygen atoms in total. The van der Waals surface area contributed by atoms with Crippen LogP contribution in [0.5, 0.6) is 0 Å². The van der Waals surface area contributed by atoms with E-state index in [9.17, 15) is 14.0 Å². The molecular formula is C30H30BFN2O5. The van der Waals surface area contributed by atoms with E-state index >= 15 is 0 Å². The zero-order valence-corrected chi connectivity index (χ0v) is 22.4. The Labute approximate surface area is 227 Å². The van der Waals surface area contributed by atoms with Crippen LogP contribution < -0.4 is 5.32 Å². The number of carbonyl (C=O) groups is 2. The summed E-state index contributed by atoms with van der Waals surface area (Å²) in [6.45, 7) is 7.89. The summed E-state index contributed by atoms with van der Waals surface area (Å²) in [6.07, 6.45) is 2.44. The molecule has 0 spiro atoms. The van der Waals surface area contributed by atoms with Crippen LogP contribution in [0.4, 0.5) is 9.18 Å². The van der Waals surface area contributed by atoms with E-state index in [2.05, 4.69) is 34.6 Å². The van der Waals surface area contributed by atoms with E-state index in [1.807, 2.05) is 52.0 Å². The molecule has 39 heavy (non-hydrogen) atoms. The first-order valence-corrected chi connectivity index (χ1v) is 12.9. The fraction of sp³-hybridized carbons (Fsp3) is 0.300. The van der Waals surface area contributed by atoms with Crippen LogP contribution in [0, 0.1) is 5.82 Å². The van der Waals surface area contributed by atoms with Gasteiger partial charge in [0.15, 0.2) is 12.1 Å². The Hall–Kier alpha value is -3.82. The molecule has 1 N–H and O–H groups in total. The number of rotatable bonds is 7. The van der Waals surface area contributed by atoms with Gasteiger partial charge in [0.2, 0.25) is 0 Å². The first kappa shape index (κ1) is 26.8. The zero-order valence-electron chi connectivity index (χ0n) is 22.4. The highest BCUT2D eigenvalue weighted by atomic mass is 19.1. The number of pyridine rings is 1. The van der Waals surface area contributed by atoms with Crippen molar-refractivity contribution in [1.82, 2.24) is 10.3 Å². The summed E-state index contributed by atoms with van der Waals surface area (Å²) in [5.74, 6) is -0.775. The highest BCUT2D eigenvalue weighted by Gasteiger charge is 2.52. The summed E-state index contributed by atoms with van der Waals surface area (Å²) < 4.78 is 31.8. The normalized spacial score (nSPS) is 17.5. The number of aldehydes is 1. The third kappa shape index (κ3) is 5.24. The Morgan fingerprint density at radius 3 is 2.23 bits per heavy atom. The number of carbonyl (C=O) groups excluding carboxylic acids is 2. The molecule has 1 aliphatic heterocycles. The summed E-state index contributed by atoms with van der Waals surface area (Å²) >= 11 is 0. The van der Waals surface area contributed by atoms with Crippen molar-refractivity contribution < 1.29 is 28.0 Å². The Balaban J connectivity index is 1.32. The Morgan fingerprint density at radius 2 is 1.64 bits per heavy atom. The molecule has 2 heterocycles. The molecule has 0 bridgehead atoms. The number of alkyl carbamates (subject to hydrolysis) is 1. The van der Waals surface area contributed by atoms with Crippen molar-refractivity contribution in [1.29, 1.82) is 0 Å². The molecule has 1 saturated heterocycles. The van der Waals surface area contributed by atoms with Crippen LogP contribution in [0.2, 0.25) is 0 Å². The van der Waals surface area contributed by atoms with Crippen LogP contribution in [0.25, 0.3) is 17.2 Å². The van der Waals surface area contributed by atoms with Gasteiger partial charge in [0.05, 0.1) is 28.7 Å². The summed E-state index contributed by atoms with van der Waals surface area (Å²) in [5, 5.41) is 2.79. The predicted molar refractivity (Wildman–Crippen MR) is 147 cm³/mol. The van der Waals surface area contributed by atoms with Gasteiger partial charge in [-0.25, -0.2) is 9.18 Å². The van der Waals surface area contributed by atoms with Crippen LogP contribution in [0.1, 0.15) is 60.8 Å². The molecule has 1 amide bonds. The quantitative estimate of drug-likeness (QED) is 0.318. The third-order valence-electron chi connectivity index (χ3n) is 7.70. The van der Waals surface area contributed by atoms with E-state index in [4.69, 9.17) is 14.0 Å². The molecule has 1 aliphatic carbocycles. The second kappa shape index (κ2) is 10.4. The van der Waals surface area contributed by atoms with Crippen molar-refractivity contribution in [2.45, 2.75) is 44.8 Å². The average molecular weight is 528 g/mol. The number of benzene rings is 2. The molecule has 2 aromatic carbocycles. The van der Waals surface area contributed by atoms with Gasteiger partial charge in [-0.1, -0.05) is 48.5 Å². The SMILES string of the molecule is CC1(C)OB(C(=Cc2cc(C=O)c(F)cn2)CNC(=O)OCC2c3ccccc3-c3ccccc32)OC1(C)C. The van der Waals surface area contributed by atoms with Gasteiger partial charge in [-0.15, -0.1) is 0 Å². The van der Waals surface area contributed by atoms with Crippen molar-refractivity contribution in [2.75, 3.05) is 13.2 Å². The Kier molecular flexibility index (Phi) is 7.14. The van der Waals surface area contributed by atoms with Gasteiger partial charge >= 0.3 is 13.2 Å². The lowest BCUT2D eigenvalue weighted by Gasteiger charge is -2.32. The number of halogens is 1. The maximum Gasteiger partial charge on any atom is 0.492 e. The third-order valence-corrected chi connectivity index (χ3v) is 7.70. The van der Waals surface area contributed by atoms with Crippen molar-refractivity contribution >= 4 is 25.6 Å². The summed E-state index contributed by atoms with van der Waals surface area (Å²) in [5.41, 5.74) is 4.05. The fourth-order valence-corrected chi connectivity index (χ4v) is 4.85. The molecule has 200 valence electrons. The highest BCUT2D eigenvalue weighted by Crippen LogP contribution is 2.44. The number of nitrogens with one attached hydrogen (secondary N) is 1. The molecule has 3 aromatic rings. The minimum absolute atomic E-state index is 0.0307. The van der Waals surface area contributed by atoms with Crippen LogP contribution in [0.15, 0.2) is 66.3 Å². The number of aromatic nitrogens is 1. The van der Waals surface area contributed by atoms with E-state index < -0.39 is 30.2 Å². The van der Waals surface area contributed by atoms with Gasteiger partial charge < -0.3 is 19.4 Å².